The van der Waals surface area contributed by atoms with Crippen molar-refractivity contribution in [3.05, 3.63) is 51.2 Å². The summed E-state index contributed by atoms with van der Waals surface area (Å²) in [7, 11) is 1.54. The van der Waals surface area contributed by atoms with Crippen LogP contribution in [-0.2, 0) is 14.3 Å². The van der Waals surface area contributed by atoms with Crippen LogP contribution in [0.15, 0.2) is 36.4 Å². The molecule has 122 valence electrons. The number of thiophene rings is 1. The number of halogens is 1. The Morgan fingerprint density at radius 2 is 1.96 bits per heavy atom. The molecule has 2 aromatic rings. The summed E-state index contributed by atoms with van der Waals surface area (Å²) in [5, 5.41) is 5.15. The molecule has 0 bridgehead atoms. The molecule has 2 N–H and O–H groups in total. The van der Waals surface area contributed by atoms with Crippen LogP contribution in [0, 0.1) is 6.92 Å². The molecule has 23 heavy (non-hydrogen) atoms. The Labute approximate surface area is 143 Å². The number of hydrogen-bond acceptors (Lipinski definition) is 4. The van der Waals surface area contributed by atoms with E-state index in [1.165, 1.54) is 18.4 Å². The van der Waals surface area contributed by atoms with Crippen LogP contribution in [0.5, 0.6) is 0 Å². The van der Waals surface area contributed by atoms with Crippen LogP contribution >= 0.6 is 22.9 Å². The second-order valence-corrected chi connectivity index (χ2v) is 6.59. The van der Waals surface area contributed by atoms with Crippen LogP contribution < -0.4 is 10.6 Å². The number of carbonyl (C=O) groups is 2. The zero-order valence-corrected chi connectivity index (χ0v) is 14.3. The third-order valence-electron chi connectivity index (χ3n) is 3.24. The van der Waals surface area contributed by atoms with Gasteiger partial charge in [-0.15, -0.1) is 11.3 Å². The predicted molar refractivity (Wildman–Crippen MR) is 91.9 cm³/mol. The number of benzene rings is 1. The van der Waals surface area contributed by atoms with Gasteiger partial charge in [-0.2, -0.15) is 0 Å². The van der Waals surface area contributed by atoms with E-state index in [2.05, 4.69) is 10.6 Å². The monoisotopic (exact) mass is 352 g/mol. The zero-order chi connectivity index (χ0) is 16.8. The normalized spacial score (nSPS) is 11.8. The van der Waals surface area contributed by atoms with Crippen molar-refractivity contribution in [2.45, 2.75) is 13.0 Å². The highest BCUT2D eigenvalue weighted by Crippen LogP contribution is 2.28. The van der Waals surface area contributed by atoms with Gasteiger partial charge in [0.2, 0.25) is 0 Å². The molecule has 2 rings (SSSR count). The van der Waals surface area contributed by atoms with Crippen LogP contribution in [0.3, 0.4) is 0 Å². The highest BCUT2D eigenvalue weighted by atomic mass is 35.5. The molecule has 0 aliphatic rings. The molecule has 0 saturated heterocycles. The number of hydrogen-bond donors (Lipinski definition) is 2. The minimum Gasteiger partial charge on any atom is -0.374 e. The van der Waals surface area contributed by atoms with E-state index in [1.807, 2.05) is 25.1 Å². The molecule has 0 fully saturated rings. The standard InChI is InChI=1S/C16H17ClN2O3S/c1-10-5-3-4-6-11(10)19-16(21)15(20)18-9-12(22-2)13-7-8-14(17)23-13/h3-8,12H,9H2,1-2H3,(H,18,20)(H,19,21). The quantitative estimate of drug-likeness (QED) is 0.812. The van der Waals surface area contributed by atoms with Crippen molar-refractivity contribution in [1.82, 2.24) is 5.32 Å². The zero-order valence-electron chi connectivity index (χ0n) is 12.8. The van der Waals surface area contributed by atoms with E-state index < -0.39 is 11.8 Å². The van der Waals surface area contributed by atoms with E-state index in [0.717, 1.165) is 10.4 Å². The van der Waals surface area contributed by atoms with Gasteiger partial charge in [0.15, 0.2) is 0 Å². The fraction of sp³-hybridized carbons (Fsp3) is 0.250. The van der Waals surface area contributed by atoms with E-state index in [-0.39, 0.29) is 12.6 Å². The summed E-state index contributed by atoms with van der Waals surface area (Å²) in [5.74, 6) is -1.42. The highest BCUT2D eigenvalue weighted by molar-refractivity contribution is 7.16. The van der Waals surface area contributed by atoms with Gasteiger partial charge in [0.25, 0.3) is 0 Å². The van der Waals surface area contributed by atoms with Gasteiger partial charge in [-0.3, -0.25) is 9.59 Å². The van der Waals surface area contributed by atoms with Crippen LogP contribution in [0.2, 0.25) is 4.34 Å². The first-order valence-electron chi connectivity index (χ1n) is 6.94. The van der Waals surface area contributed by atoms with E-state index in [0.29, 0.717) is 10.0 Å². The average molecular weight is 353 g/mol. The molecule has 5 nitrogen and oxygen atoms in total. The van der Waals surface area contributed by atoms with Gasteiger partial charge in [-0.1, -0.05) is 29.8 Å². The second kappa shape index (κ2) is 8.10. The lowest BCUT2D eigenvalue weighted by Crippen LogP contribution is -2.37. The van der Waals surface area contributed by atoms with Crippen molar-refractivity contribution < 1.29 is 14.3 Å². The summed E-state index contributed by atoms with van der Waals surface area (Å²) in [6.07, 6.45) is -0.345. The van der Waals surface area contributed by atoms with Crippen molar-refractivity contribution in [3.63, 3.8) is 0 Å². The molecule has 1 atom stereocenters. The van der Waals surface area contributed by atoms with Crippen molar-refractivity contribution in [2.24, 2.45) is 0 Å². The summed E-state index contributed by atoms with van der Waals surface area (Å²) < 4.78 is 5.97. The maximum Gasteiger partial charge on any atom is 0.313 e. The van der Waals surface area contributed by atoms with Crippen LogP contribution in [0.4, 0.5) is 5.69 Å². The van der Waals surface area contributed by atoms with Gasteiger partial charge >= 0.3 is 11.8 Å². The lowest BCUT2D eigenvalue weighted by molar-refractivity contribution is -0.136. The van der Waals surface area contributed by atoms with Gasteiger partial charge in [0.1, 0.15) is 6.10 Å². The van der Waals surface area contributed by atoms with E-state index in [9.17, 15) is 9.59 Å². The summed E-state index contributed by atoms with van der Waals surface area (Å²) >= 11 is 7.26. The molecule has 0 radical (unpaired) electrons. The fourth-order valence-electron chi connectivity index (χ4n) is 1.96. The number of rotatable bonds is 5. The first-order valence-corrected chi connectivity index (χ1v) is 8.13. The molecular formula is C16H17ClN2O3S. The predicted octanol–water partition coefficient (Wildman–Crippen LogP) is 3.15. The maximum absolute atomic E-state index is 11.9. The third kappa shape index (κ3) is 4.79. The Balaban J connectivity index is 1.91. The molecule has 0 spiro atoms. The molecule has 1 aromatic carbocycles. The van der Waals surface area contributed by atoms with Gasteiger partial charge in [0.05, 0.1) is 4.34 Å². The largest absolute Gasteiger partial charge is 0.374 e. The molecule has 1 heterocycles. The number of methoxy groups -OCH3 is 1. The van der Waals surface area contributed by atoms with Gasteiger partial charge in [0, 0.05) is 24.2 Å². The van der Waals surface area contributed by atoms with Gasteiger partial charge in [-0.05, 0) is 30.7 Å². The molecule has 7 heteroatoms. The average Bonchev–Trinajstić information content (AvgIpc) is 2.96. The number of nitrogens with one attached hydrogen (secondary N) is 2. The Morgan fingerprint density at radius 3 is 2.57 bits per heavy atom. The van der Waals surface area contributed by atoms with Crippen molar-refractivity contribution in [1.29, 1.82) is 0 Å². The Morgan fingerprint density at radius 1 is 1.22 bits per heavy atom. The van der Waals surface area contributed by atoms with Crippen LogP contribution in [0.1, 0.15) is 16.5 Å². The maximum atomic E-state index is 11.9. The highest BCUT2D eigenvalue weighted by Gasteiger charge is 2.18. The summed E-state index contributed by atoms with van der Waals surface area (Å²) in [6.45, 7) is 2.04. The summed E-state index contributed by atoms with van der Waals surface area (Å²) in [4.78, 5) is 24.7. The van der Waals surface area contributed by atoms with Crippen molar-refractivity contribution in [2.75, 3.05) is 19.0 Å². The van der Waals surface area contributed by atoms with E-state index >= 15 is 0 Å². The third-order valence-corrected chi connectivity index (χ3v) is 4.57. The number of amides is 2. The van der Waals surface area contributed by atoms with E-state index in [1.54, 1.807) is 18.2 Å². The Bertz CT molecular complexity index is 702. The molecule has 0 aliphatic heterocycles. The molecular weight excluding hydrogens is 336 g/mol. The van der Waals surface area contributed by atoms with Gasteiger partial charge < -0.3 is 15.4 Å². The second-order valence-electron chi connectivity index (χ2n) is 4.85. The number of carbonyl (C=O) groups excluding carboxylic acids is 2. The minimum atomic E-state index is -0.710. The van der Waals surface area contributed by atoms with Crippen molar-refractivity contribution >= 4 is 40.4 Å². The number of anilines is 1. The molecule has 1 aromatic heterocycles. The smallest absolute Gasteiger partial charge is 0.313 e. The number of para-hydroxylation sites is 1. The fourth-order valence-corrected chi connectivity index (χ4v) is 3.10. The summed E-state index contributed by atoms with van der Waals surface area (Å²) in [5.41, 5.74) is 1.50. The van der Waals surface area contributed by atoms with Crippen LogP contribution in [0.25, 0.3) is 0 Å². The topological polar surface area (TPSA) is 67.4 Å². The first-order chi connectivity index (χ1) is 11.0. The Hall–Kier alpha value is -1.89. The lowest BCUT2D eigenvalue weighted by atomic mass is 10.2. The first kappa shape index (κ1) is 17.5. The molecule has 0 saturated carbocycles. The minimum absolute atomic E-state index is 0.188. The molecule has 1 unspecified atom stereocenters. The van der Waals surface area contributed by atoms with Gasteiger partial charge in [-0.25, -0.2) is 0 Å². The van der Waals surface area contributed by atoms with E-state index in [4.69, 9.17) is 16.3 Å². The summed E-state index contributed by atoms with van der Waals surface area (Å²) in [6, 6.07) is 10.9. The SMILES string of the molecule is COC(CNC(=O)C(=O)Nc1ccccc1C)c1ccc(Cl)s1. The van der Waals surface area contributed by atoms with Crippen molar-refractivity contribution in [3.8, 4) is 0 Å². The Kier molecular flexibility index (Phi) is 6.15. The van der Waals surface area contributed by atoms with Crippen LogP contribution in [-0.4, -0.2) is 25.5 Å². The number of ether oxygens (including phenoxy) is 1. The lowest BCUT2D eigenvalue weighted by Gasteiger charge is -2.14. The number of aryl methyl sites for hydroxylation is 1. The molecule has 2 amide bonds. The molecule has 0 aliphatic carbocycles.